The summed E-state index contributed by atoms with van der Waals surface area (Å²) in [6.45, 7) is 5.80. The molecule has 0 aliphatic carbocycles. The maximum absolute atomic E-state index is 5.66. The second kappa shape index (κ2) is 9.98. The molecule has 0 saturated carbocycles. The fourth-order valence-corrected chi connectivity index (χ4v) is 6.05. The molecule has 2 aromatic rings. The number of rotatable bonds is 5. The molecule has 0 bridgehead atoms. The van der Waals surface area contributed by atoms with E-state index in [1.165, 1.54) is 41.8 Å². The van der Waals surface area contributed by atoms with Crippen LogP contribution in [0, 0.1) is 0 Å². The molecule has 0 saturated heterocycles. The number of methoxy groups -OCH3 is 2. The SMILES string of the molecule is CCC1=C(CC2NCCc3ccccc32)CC2c3cc(OC)c(OC)cc3CC[NH+]2C1.[Br-]. The van der Waals surface area contributed by atoms with Gasteiger partial charge < -0.3 is 36.7 Å². The third-order valence-electron chi connectivity index (χ3n) is 7.71. The maximum Gasteiger partial charge on any atom is 0.161 e. The molecule has 3 atom stereocenters. The Kier molecular flexibility index (Phi) is 7.28. The molecule has 0 radical (unpaired) electrons. The Morgan fingerprint density at radius 1 is 0.969 bits per heavy atom. The van der Waals surface area contributed by atoms with Gasteiger partial charge in [0.1, 0.15) is 6.04 Å². The third-order valence-corrected chi connectivity index (χ3v) is 7.71. The number of fused-ring (bicyclic) bond motifs is 4. The fourth-order valence-electron chi connectivity index (χ4n) is 6.05. The van der Waals surface area contributed by atoms with Crippen LogP contribution in [0.15, 0.2) is 47.5 Å². The number of hydrogen-bond acceptors (Lipinski definition) is 3. The van der Waals surface area contributed by atoms with Gasteiger partial charge in [0.2, 0.25) is 0 Å². The molecule has 172 valence electrons. The number of benzene rings is 2. The van der Waals surface area contributed by atoms with Gasteiger partial charge in [-0.1, -0.05) is 36.8 Å². The Balaban J connectivity index is 0.00000245. The summed E-state index contributed by atoms with van der Waals surface area (Å²) >= 11 is 0. The van der Waals surface area contributed by atoms with Crippen molar-refractivity contribution in [1.82, 2.24) is 5.32 Å². The number of hydrogen-bond donors (Lipinski definition) is 2. The van der Waals surface area contributed by atoms with Crippen molar-refractivity contribution in [3.63, 3.8) is 0 Å². The number of halogens is 1. The van der Waals surface area contributed by atoms with Crippen molar-refractivity contribution >= 4 is 0 Å². The van der Waals surface area contributed by atoms with E-state index in [0.717, 1.165) is 43.7 Å². The molecular formula is C27H35BrN2O2. The van der Waals surface area contributed by atoms with Crippen LogP contribution < -0.4 is 36.7 Å². The zero-order chi connectivity index (χ0) is 21.4. The lowest BCUT2D eigenvalue weighted by Gasteiger charge is -2.40. The Labute approximate surface area is 202 Å². The van der Waals surface area contributed by atoms with Gasteiger partial charge in [0.05, 0.1) is 27.3 Å². The van der Waals surface area contributed by atoms with E-state index in [0.29, 0.717) is 12.1 Å². The van der Waals surface area contributed by atoms with Crippen LogP contribution in [0.25, 0.3) is 0 Å². The van der Waals surface area contributed by atoms with Crippen LogP contribution in [0.1, 0.15) is 60.5 Å². The van der Waals surface area contributed by atoms with E-state index >= 15 is 0 Å². The summed E-state index contributed by atoms with van der Waals surface area (Å²) < 4.78 is 11.2. The Morgan fingerprint density at radius 2 is 1.75 bits per heavy atom. The van der Waals surface area contributed by atoms with E-state index in [9.17, 15) is 0 Å². The van der Waals surface area contributed by atoms with Crippen LogP contribution in [0.2, 0.25) is 0 Å². The summed E-state index contributed by atoms with van der Waals surface area (Å²) in [7, 11) is 3.47. The number of nitrogens with one attached hydrogen (secondary N) is 2. The van der Waals surface area contributed by atoms with Gasteiger partial charge in [-0.05, 0) is 60.2 Å². The standard InChI is InChI=1S/C27H34N2O2.BrH/c1-4-18-17-29-12-10-20-15-26(30-2)27(31-3)16-23(20)25(29)14-21(18)13-24-22-8-6-5-7-19(22)9-11-28-24;/h5-8,15-16,24-25,28H,4,9-14,17H2,1-3H3;1H. The fraction of sp³-hybridized carbons (Fsp3) is 0.481. The molecule has 3 aliphatic heterocycles. The quantitative estimate of drug-likeness (QED) is 0.591. The van der Waals surface area contributed by atoms with E-state index in [4.69, 9.17) is 9.47 Å². The monoisotopic (exact) mass is 498 g/mol. The van der Waals surface area contributed by atoms with E-state index in [1.54, 1.807) is 30.3 Å². The van der Waals surface area contributed by atoms with Crippen LogP contribution in [0.5, 0.6) is 11.5 Å². The second-order valence-electron chi connectivity index (χ2n) is 9.22. The third kappa shape index (κ3) is 4.23. The van der Waals surface area contributed by atoms with E-state index < -0.39 is 0 Å². The molecule has 32 heavy (non-hydrogen) atoms. The first kappa shape index (κ1) is 23.3. The average Bonchev–Trinajstić information content (AvgIpc) is 2.82. The van der Waals surface area contributed by atoms with E-state index in [-0.39, 0.29) is 17.0 Å². The molecule has 3 heterocycles. The molecule has 0 spiro atoms. The van der Waals surface area contributed by atoms with Crippen LogP contribution >= 0.6 is 0 Å². The van der Waals surface area contributed by atoms with Crippen molar-refractivity contribution in [2.45, 2.75) is 51.1 Å². The molecule has 3 aliphatic rings. The minimum atomic E-state index is 0. The Hall–Kier alpha value is -1.82. The van der Waals surface area contributed by atoms with Crippen molar-refractivity contribution in [2.24, 2.45) is 0 Å². The summed E-state index contributed by atoms with van der Waals surface area (Å²) in [5.41, 5.74) is 9.28. The van der Waals surface area contributed by atoms with Gasteiger partial charge in [-0.15, -0.1) is 0 Å². The molecule has 2 N–H and O–H groups in total. The highest BCUT2D eigenvalue weighted by molar-refractivity contribution is 5.49. The molecule has 0 aromatic heterocycles. The van der Waals surface area contributed by atoms with E-state index in [2.05, 4.69) is 48.6 Å². The minimum absolute atomic E-state index is 0. The van der Waals surface area contributed by atoms with Crippen LogP contribution in [-0.2, 0) is 12.8 Å². The normalized spacial score (nSPS) is 24.0. The zero-order valence-electron chi connectivity index (χ0n) is 19.5. The highest BCUT2D eigenvalue weighted by Crippen LogP contribution is 2.39. The molecular weight excluding hydrogens is 464 g/mol. The first-order valence-corrected chi connectivity index (χ1v) is 11.8. The molecule has 5 rings (SSSR count). The van der Waals surface area contributed by atoms with Gasteiger partial charge in [-0.2, -0.15) is 0 Å². The largest absolute Gasteiger partial charge is 1.00 e. The smallest absolute Gasteiger partial charge is 0.161 e. The minimum Gasteiger partial charge on any atom is -1.00 e. The summed E-state index contributed by atoms with van der Waals surface area (Å²) in [6, 6.07) is 14.4. The van der Waals surface area contributed by atoms with Crippen molar-refractivity contribution in [3.8, 4) is 11.5 Å². The summed E-state index contributed by atoms with van der Waals surface area (Å²) in [4.78, 5) is 1.72. The van der Waals surface area contributed by atoms with Gasteiger partial charge in [0.15, 0.2) is 11.5 Å². The predicted octanol–water partition coefficient (Wildman–Crippen LogP) is 0.577. The summed E-state index contributed by atoms with van der Waals surface area (Å²) in [6.07, 6.45) is 5.71. The van der Waals surface area contributed by atoms with Crippen molar-refractivity contribution in [2.75, 3.05) is 33.9 Å². The molecule has 4 nitrogen and oxygen atoms in total. The van der Waals surface area contributed by atoms with Gasteiger partial charge in [0.25, 0.3) is 0 Å². The molecule has 3 unspecified atom stereocenters. The van der Waals surface area contributed by atoms with Crippen molar-refractivity contribution in [3.05, 3.63) is 69.8 Å². The highest BCUT2D eigenvalue weighted by Gasteiger charge is 2.38. The van der Waals surface area contributed by atoms with Gasteiger partial charge >= 0.3 is 0 Å². The van der Waals surface area contributed by atoms with Crippen LogP contribution in [-0.4, -0.2) is 33.9 Å². The first-order chi connectivity index (χ1) is 15.2. The number of ether oxygens (including phenoxy) is 2. The maximum atomic E-state index is 5.66. The zero-order valence-corrected chi connectivity index (χ0v) is 21.1. The lowest BCUT2D eigenvalue weighted by Crippen LogP contribution is -3.14. The average molecular weight is 499 g/mol. The van der Waals surface area contributed by atoms with Crippen LogP contribution in [0.3, 0.4) is 0 Å². The predicted molar refractivity (Wildman–Crippen MR) is 124 cm³/mol. The molecule has 0 fully saturated rings. The second-order valence-corrected chi connectivity index (χ2v) is 9.22. The summed E-state index contributed by atoms with van der Waals surface area (Å²) in [5.74, 6) is 1.71. The van der Waals surface area contributed by atoms with Crippen LogP contribution in [0.4, 0.5) is 0 Å². The highest BCUT2D eigenvalue weighted by atomic mass is 79.9. The number of quaternary nitrogens is 1. The Morgan fingerprint density at radius 3 is 2.53 bits per heavy atom. The van der Waals surface area contributed by atoms with Crippen molar-refractivity contribution in [1.29, 1.82) is 0 Å². The molecule has 5 heteroatoms. The summed E-state index contributed by atoms with van der Waals surface area (Å²) in [5, 5.41) is 3.81. The Bertz CT molecular complexity index is 1000. The molecule has 2 aromatic carbocycles. The van der Waals surface area contributed by atoms with Crippen molar-refractivity contribution < 1.29 is 31.4 Å². The van der Waals surface area contributed by atoms with E-state index in [1.807, 2.05) is 0 Å². The topological polar surface area (TPSA) is 34.9 Å². The van der Waals surface area contributed by atoms with Gasteiger partial charge in [0, 0.05) is 24.4 Å². The lowest BCUT2D eigenvalue weighted by molar-refractivity contribution is -0.931. The first-order valence-electron chi connectivity index (χ1n) is 11.8. The molecule has 0 amide bonds. The van der Waals surface area contributed by atoms with Gasteiger partial charge in [-0.25, -0.2) is 0 Å². The lowest BCUT2D eigenvalue weighted by atomic mass is 9.80. The van der Waals surface area contributed by atoms with Gasteiger partial charge in [-0.3, -0.25) is 0 Å².